The van der Waals surface area contributed by atoms with Crippen molar-refractivity contribution in [2.75, 3.05) is 0 Å². The monoisotopic (exact) mass is 624 g/mol. The quantitative estimate of drug-likeness (QED) is 0.172. The molecule has 0 saturated carbocycles. The third-order valence-corrected chi connectivity index (χ3v) is 22.2. The van der Waals surface area contributed by atoms with Crippen LogP contribution in [0.25, 0.3) is 33.0 Å². The molecule has 0 aliphatic carbocycles. The fourth-order valence-corrected chi connectivity index (χ4v) is 21.1. The molecule has 0 fully saturated rings. The predicted molar refractivity (Wildman–Crippen MR) is 201 cm³/mol. The normalized spacial score (nSPS) is 17.1. The lowest BCUT2D eigenvalue weighted by Crippen LogP contribution is -2.57. The Bertz CT molecular complexity index is 2070. The first-order valence-electron chi connectivity index (χ1n) is 17.4. The van der Waals surface area contributed by atoms with Gasteiger partial charge in [-0.15, -0.1) is 0 Å². The zero-order valence-electron chi connectivity index (χ0n) is 27.4. The fourth-order valence-electron chi connectivity index (χ4n) is 10.1. The minimum atomic E-state index is -1.99. The summed E-state index contributed by atoms with van der Waals surface area (Å²) in [6.45, 7) is 9.40. The SMILES string of the molecule is CC(C)c1ccc2c(c1)[Si]1(Cc3ccccc3C1)c1ccc3c4c(ccc3c1-2)[Si]1(Cc2ccccc2C1)c1cc(C(C)C)ccc1-4. The van der Waals surface area contributed by atoms with Crippen molar-refractivity contribution >= 4 is 47.7 Å². The highest BCUT2D eigenvalue weighted by Crippen LogP contribution is 2.45. The number of rotatable bonds is 2. The molecule has 4 aliphatic rings. The van der Waals surface area contributed by atoms with E-state index >= 15 is 0 Å². The minimum Gasteiger partial charge on any atom is -0.0620 e. The molecule has 0 nitrogen and oxygen atoms in total. The molecule has 4 heterocycles. The van der Waals surface area contributed by atoms with E-state index in [0.29, 0.717) is 11.8 Å². The molecule has 2 heteroatoms. The summed E-state index contributed by atoms with van der Waals surface area (Å²) in [5, 5.41) is 9.71. The van der Waals surface area contributed by atoms with Gasteiger partial charge < -0.3 is 0 Å². The van der Waals surface area contributed by atoms with Crippen LogP contribution in [0.2, 0.25) is 0 Å². The first-order valence-corrected chi connectivity index (χ1v) is 22.2. The van der Waals surface area contributed by atoms with Gasteiger partial charge in [0.05, 0.1) is 0 Å². The third kappa shape index (κ3) is 3.39. The average molecular weight is 625 g/mol. The second kappa shape index (κ2) is 9.30. The molecule has 10 rings (SSSR count). The molecule has 0 radical (unpaired) electrons. The van der Waals surface area contributed by atoms with Crippen molar-refractivity contribution in [2.45, 2.75) is 63.7 Å². The van der Waals surface area contributed by atoms with Crippen molar-refractivity contribution in [1.82, 2.24) is 0 Å². The smallest absolute Gasteiger partial charge is 0.0620 e. The molecular weight excluding hydrogens is 585 g/mol. The van der Waals surface area contributed by atoms with Crippen LogP contribution in [-0.2, 0) is 24.2 Å². The summed E-state index contributed by atoms with van der Waals surface area (Å²) in [6, 6.07) is 49.0. The molecule has 2 spiro atoms. The predicted octanol–water partition coefficient (Wildman–Crippen LogP) is 7.93. The van der Waals surface area contributed by atoms with Crippen LogP contribution in [0.4, 0.5) is 0 Å². The van der Waals surface area contributed by atoms with E-state index in [-0.39, 0.29) is 0 Å². The second-order valence-electron chi connectivity index (χ2n) is 15.4. The fraction of sp³-hybridized carbons (Fsp3) is 0.227. The summed E-state index contributed by atoms with van der Waals surface area (Å²) in [5.74, 6) is 1.07. The molecular formula is C44H40Si2. The number of fused-ring (bicyclic) bond motifs is 15. The van der Waals surface area contributed by atoms with Gasteiger partial charge in [0.25, 0.3) is 0 Å². The standard InChI is InChI=1S/C44H40Si2/c1-27(2)29-13-15-37-41(21-29)45(23-31-9-5-6-10-32(31)24-45)39-19-17-36-35(43(37)39)18-20-40-44(36)38-16-14-30(28(3)4)22-42(38)46(40)25-33-11-7-8-12-34(33)26-46/h5-22,27-28H,23-26H2,1-4H3. The van der Waals surface area contributed by atoms with Crippen molar-refractivity contribution in [3.63, 3.8) is 0 Å². The van der Waals surface area contributed by atoms with E-state index < -0.39 is 16.1 Å². The molecule has 6 aromatic rings. The second-order valence-corrected chi connectivity index (χ2v) is 23.3. The maximum atomic E-state index is 2.64. The Balaban J connectivity index is 1.25. The van der Waals surface area contributed by atoms with E-state index in [1.807, 2.05) is 0 Å². The summed E-state index contributed by atoms with van der Waals surface area (Å²) in [4.78, 5) is 0. The number of benzene rings is 6. The number of hydrogen-bond acceptors (Lipinski definition) is 0. The Kier molecular flexibility index (Phi) is 5.49. The van der Waals surface area contributed by atoms with Gasteiger partial charge in [0.2, 0.25) is 0 Å². The Hall–Kier alpha value is -3.99. The van der Waals surface area contributed by atoms with Gasteiger partial charge in [-0.3, -0.25) is 0 Å². The Morgan fingerprint density at radius 3 is 1.13 bits per heavy atom. The first kappa shape index (κ1) is 27.2. The van der Waals surface area contributed by atoms with Crippen LogP contribution in [0.3, 0.4) is 0 Å². The zero-order chi connectivity index (χ0) is 30.9. The molecule has 224 valence electrons. The van der Waals surface area contributed by atoms with E-state index in [9.17, 15) is 0 Å². The molecule has 4 aliphatic heterocycles. The Labute approximate surface area is 275 Å². The summed E-state index contributed by atoms with van der Waals surface area (Å²) in [5.41, 5.74) is 15.5. The summed E-state index contributed by atoms with van der Waals surface area (Å²) in [6.07, 6.45) is 0. The van der Waals surface area contributed by atoms with Crippen LogP contribution in [-0.4, -0.2) is 16.1 Å². The molecule has 0 N–H and O–H groups in total. The van der Waals surface area contributed by atoms with Crippen molar-refractivity contribution in [1.29, 1.82) is 0 Å². The minimum absolute atomic E-state index is 0.535. The topological polar surface area (TPSA) is 0 Å². The zero-order valence-corrected chi connectivity index (χ0v) is 29.4. The third-order valence-electron chi connectivity index (χ3n) is 12.4. The van der Waals surface area contributed by atoms with Crippen LogP contribution in [0.5, 0.6) is 0 Å². The van der Waals surface area contributed by atoms with E-state index in [2.05, 4.69) is 137 Å². The molecule has 6 aromatic carbocycles. The van der Waals surface area contributed by atoms with E-state index in [0.717, 1.165) is 0 Å². The lowest BCUT2D eigenvalue weighted by molar-refractivity contribution is 0.868. The molecule has 0 amide bonds. The summed E-state index contributed by atoms with van der Waals surface area (Å²) in [7, 11) is -3.99. The van der Waals surface area contributed by atoms with E-state index in [4.69, 9.17) is 0 Å². The van der Waals surface area contributed by atoms with Crippen molar-refractivity contribution in [3.8, 4) is 22.3 Å². The Morgan fingerprint density at radius 1 is 0.413 bits per heavy atom. The van der Waals surface area contributed by atoms with Crippen LogP contribution in [0.1, 0.15) is 72.9 Å². The molecule has 0 saturated heterocycles. The van der Waals surface area contributed by atoms with Gasteiger partial charge in [0.1, 0.15) is 16.1 Å². The lowest BCUT2D eigenvalue weighted by atomic mass is 9.91. The van der Waals surface area contributed by atoms with Gasteiger partial charge in [0, 0.05) is 0 Å². The highest BCUT2D eigenvalue weighted by molar-refractivity contribution is 7.06. The van der Waals surface area contributed by atoms with Gasteiger partial charge in [-0.25, -0.2) is 0 Å². The van der Waals surface area contributed by atoms with E-state index in [1.54, 1.807) is 54.1 Å². The van der Waals surface area contributed by atoms with Gasteiger partial charge in [0.15, 0.2) is 0 Å². The first-order chi connectivity index (χ1) is 22.4. The van der Waals surface area contributed by atoms with Crippen molar-refractivity contribution < 1.29 is 0 Å². The van der Waals surface area contributed by atoms with Crippen molar-refractivity contribution in [3.05, 3.63) is 143 Å². The lowest BCUT2D eigenvalue weighted by Gasteiger charge is -2.26. The highest BCUT2D eigenvalue weighted by atomic mass is 28.3. The van der Waals surface area contributed by atoms with Gasteiger partial charge in [-0.1, -0.05) is 137 Å². The largest absolute Gasteiger partial charge is 0.128 e. The van der Waals surface area contributed by atoms with Gasteiger partial charge >= 0.3 is 0 Å². The Morgan fingerprint density at radius 2 is 0.783 bits per heavy atom. The van der Waals surface area contributed by atoms with Crippen LogP contribution < -0.4 is 20.7 Å². The van der Waals surface area contributed by atoms with Gasteiger partial charge in [-0.2, -0.15) is 0 Å². The van der Waals surface area contributed by atoms with Crippen LogP contribution in [0, 0.1) is 0 Å². The molecule has 0 aromatic heterocycles. The average Bonchev–Trinajstić information content (AvgIpc) is 3.80. The van der Waals surface area contributed by atoms with E-state index in [1.165, 1.54) is 57.2 Å². The molecule has 46 heavy (non-hydrogen) atoms. The number of hydrogen-bond donors (Lipinski definition) is 0. The van der Waals surface area contributed by atoms with Crippen molar-refractivity contribution in [2.24, 2.45) is 0 Å². The summed E-state index contributed by atoms with van der Waals surface area (Å²) < 4.78 is 0. The highest BCUT2D eigenvalue weighted by Gasteiger charge is 2.52. The molecule has 0 atom stereocenters. The molecule has 0 unspecified atom stereocenters. The molecule has 0 bridgehead atoms. The van der Waals surface area contributed by atoms with Crippen LogP contribution in [0.15, 0.2) is 109 Å². The summed E-state index contributed by atoms with van der Waals surface area (Å²) >= 11 is 0. The van der Waals surface area contributed by atoms with Crippen LogP contribution >= 0.6 is 0 Å². The maximum absolute atomic E-state index is 2.64. The van der Waals surface area contributed by atoms with Gasteiger partial charge in [-0.05, 0) is 123 Å². The maximum Gasteiger partial charge on any atom is 0.128 e.